The van der Waals surface area contributed by atoms with E-state index in [2.05, 4.69) is 30.3 Å². The topological polar surface area (TPSA) is 41.9 Å². The first kappa shape index (κ1) is 15.3. The molecular weight excluding hydrogens is 288 g/mol. The Morgan fingerprint density at radius 1 is 1.22 bits per heavy atom. The number of aryl methyl sites for hydroxylation is 1. The average molecular weight is 308 g/mol. The number of oxime groups is 1. The van der Waals surface area contributed by atoms with E-state index in [0.29, 0.717) is 6.54 Å². The van der Waals surface area contributed by atoms with Crippen molar-refractivity contribution in [2.24, 2.45) is 5.16 Å². The van der Waals surface area contributed by atoms with Gasteiger partial charge in [-0.25, -0.2) is 0 Å². The van der Waals surface area contributed by atoms with Gasteiger partial charge in [0.1, 0.15) is 0 Å². The molecule has 0 aliphatic carbocycles. The van der Waals surface area contributed by atoms with Crippen LogP contribution in [0.4, 0.5) is 5.69 Å². The predicted molar refractivity (Wildman–Crippen MR) is 91.9 cm³/mol. The van der Waals surface area contributed by atoms with Gasteiger partial charge in [-0.15, -0.1) is 0 Å². The van der Waals surface area contributed by atoms with E-state index in [9.17, 15) is 4.79 Å². The first-order chi connectivity index (χ1) is 11.3. The molecule has 0 radical (unpaired) electrons. The van der Waals surface area contributed by atoms with Crippen molar-refractivity contribution in [3.05, 3.63) is 65.2 Å². The minimum Gasteiger partial charge on any atom is -0.386 e. The summed E-state index contributed by atoms with van der Waals surface area (Å²) in [6.07, 6.45) is 3.54. The second-order valence-electron chi connectivity index (χ2n) is 5.53. The van der Waals surface area contributed by atoms with E-state index in [0.717, 1.165) is 24.1 Å². The summed E-state index contributed by atoms with van der Waals surface area (Å²) in [5, 5.41) is 3.89. The Morgan fingerprint density at radius 2 is 2.00 bits per heavy atom. The van der Waals surface area contributed by atoms with E-state index in [-0.39, 0.29) is 12.5 Å². The molecule has 0 bridgehead atoms. The van der Waals surface area contributed by atoms with Crippen LogP contribution >= 0.6 is 0 Å². The molecule has 0 aromatic heterocycles. The molecule has 0 atom stereocenters. The number of carbonyl (C=O) groups excluding carboxylic acids is 1. The minimum atomic E-state index is -0.0616. The van der Waals surface area contributed by atoms with Gasteiger partial charge in [-0.1, -0.05) is 54.5 Å². The minimum absolute atomic E-state index is 0.0438. The van der Waals surface area contributed by atoms with Crippen LogP contribution in [0.25, 0.3) is 0 Å². The highest BCUT2D eigenvalue weighted by atomic mass is 16.6. The molecule has 3 rings (SSSR count). The van der Waals surface area contributed by atoms with Crippen molar-refractivity contribution in [3.8, 4) is 0 Å². The van der Waals surface area contributed by atoms with Gasteiger partial charge in [-0.05, 0) is 35.6 Å². The SMILES string of the molecule is CCc1ccc(/C=N\OCC(=O)N2CCc3ccccc32)cc1. The molecule has 2 aromatic carbocycles. The number of fused-ring (bicyclic) bond motifs is 1. The van der Waals surface area contributed by atoms with Gasteiger partial charge in [0, 0.05) is 12.2 Å². The second kappa shape index (κ2) is 7.09. The van der Waals surface area contributed by atoms with Crippen molar-refractivity contribution in [2.75, 3.05) is 18.1 Å². The van der Waals surface area contributed by atoms with Gasteiger partial charge in [-0.2, -0.15) is 0 Å². The van der Waals surface area contributed by atoms with Gasteiger partial charge < -0.3 is 9.74 Å². The van der Waals surface area contributed by atoms with E-state index in [4.69, 9.17) is 4.84 Å². The molecule has 118 valence electrons. The van der Waals surface area contributed by atoms with Gasteiger partial charge in [0.2, 0.25) is 0 Å². The molecule has 23 heavy (non-hydrogen) atoms. The fourth-order valence-corrected chi connectivity index (χ4v) is 2.71. The summed E-state index contributed by atoms with van der Waals surface area (Å²) >= 11 is 0. The lowest BCUT2D eigenvalue weighted by Crippen LogP contribution is -2.31. The maximum absolute atomic E-state index is 12.2. The van der Waals surface area contributed by atoms with Crippen LogP contribution < -0.4 is 4.90 Å². The Balaban J connectivity index is 1.52. The summed E-state index contributed by atoms with van der Waals surface area (Å²) in [5.41, 5.74) is 4.44. The van der Waals surface area contributed by atoms with Crippen molar-refractivity contribution in [1.29, 1.82) is 0 Å². The highest BCUT2D eigenvalue weighted by Gasteiger charge is 2.24. The Bertz CT molecular complexity index is 708. The molecule has 0 saturated heterocycles. The molecule has 1 heterocycles. The molecule has 2 aromatic rings. The summed E-state index contributed by atoms with van der Waals surface area (Å²) in [4.78, 5) is 19.2. The molecule has 0 spiro atoms. The molecular formula is C19H20N2O2. The number of para-hydroxylation sites is 1. The summed E-state index contributed by atoms with van der Waals surface area (Å²) < 4.78 is 0. The van der Waals surface area contributed by atoms with Crippen LogP contribution in [0.3, 0.4) is 0 Å². The largest absolute Gasteiger partial charge is 0.386 e. The fourth-order valence-electron chi connectivity index (χ4n) is 2.71. The smallest absolute Gasteiger partial charge is 0.267 e. The standard InChI is InChI=1S/C19H20N2O2/c1-2-15-7-9-16(10-8-15)13-20-23-14-19(22)21-12-11-17-5-3-4-6-18(17)21/h3-10,13H,2,11-12,14H2,1H3/b20-13-. The Hall–Kier alpha value is -2.62. The van der Waals surface area contributed by atoms with Crippen molar-refractivity contribution in [3.63, 3.8) is 0 Å². The third-order valence-corrected chi connectivity index (χ3v) is 4.04. The molecule has 1 aliphatic rings. The monoisotopic (exact) mass is 308 g/mol. The lowest BCUT2D eigenvalue weighted by molar-refractivity contribution is -0.122. The zero-order valence-corrected chi connectivity index (χ0v) is 13.2. The number of amides is 1. The normalized spacial score (nSPS) is 13.3. The zero-order chi connectivity index (χ0) is 16.1. The van der Waals surface area contributed by atoms with Gasteiger partial charge in [0.15, 0.2) is 6.61 Å². The summed E-state index contributed by atoms with van der Waals surface area (Å²) in [7, 11) is 0. The molecule has 0 N–H and O–H groups in total. The number of carbonyl (C=O) groups is 1. The average Bonchev–Trinajstić information content (AvgIpc) is 3.03. The Kier molecular flexibility index (Phi) is 4.71. The number of nitrogens with zero attached hydrogens (tertiary/aromatic N) is 2. The molecule has 1 amide bonds. The van der Waals surface area contributed by atoms with E-state index in [1.807, 2.05) is 30.3 Å². The van der Waals surface area contributed by atoms with Gasteiger partial charge in [-0.3, -0.25) is 4.79 Å². The van der Waals surface area contributed by atoms with E-state index in [1.54, 1.807) is 11.1 Å². The zero-order valence-electron chi connectivity index (χ0n) is 13.2. The molecule has 0 saturated carbocycles. The molecule has 0 unspecified atom stereocenters. The van der Waals surface area contributed by atoms with Gasteiger partial charge in [0.05, 0.1) is 6.21 Å². The lowest BCUT2D eigenvalue weighted by Gasteiger charge is -2.16. The number of rotatable bonds is 5. The number of hydrogen-bond acceptors (Lipinski definition) is 3. The van der Waals surface area contributed by atoms with E-state index < -0.39 is 0 Å². The summed E-state index contributed by atoms with van der Waals surface area (Å²) in [6, 6.07) is 16.1. The van der Waals surface area contributed by atoms with Crippen LogP contribution in [0.15, 0.2) is 53.7 Å². The highest BCUT2D eigenvalue weighted by molar-refractivity contribution is 5.96. The third kappa shape index (κ3) is 3.59. The van der Waals surface area contributed by atoms with Crippen LogP contribution in [0.5, 0.6) is 0 Å². The Morgan fingerprint density at radius 3 is 2.78 bits per heavy atom. The number of benzene rings is 2. The highest BCUT2D eigenvalue weighted by Crippen LogP contribution is 2.27. The first-order valence-corrected chi connectivity index (χ1v) is 7.90. The quantitative estimate of drug-likeness (QED) is 0.629. The number of anilines is 1. The van der Waals surface area contributed by atoms with Gasteiger partial charge in [0.25, 0.3) is 5.91 Å². The van der Waals surface area contributed by atoms with E-state index >= 15 is 0 Å². The molecule has 4 heteroatoms. The Labute approximate surface area is 136 Å². The first-order valence-electron chi connectivity index (χ1n) is 7.90. The van der Waals surface area contributed by atoms with Crippen molar-refractivity contribution >= 4 is 17.8 Å². The van der Waals surface area contributed by atoms with Crippen LogP contribution in [-0.4, -0.2) is 25.3 Å². The van der Waals surface area contributed by atoms with Crippen LogP contribution in [0.1, 0.15) is 23.6 Å². The van der Waals surface area contributed by atoms with Crippen molar-refractivity contribution in [1.82, 2.24) is 0 Å². The van der Waals surface area contributed by atoms with E-state index in [1.165, 1.54) is 11.1 Å². The third-order valence-electron chi connectivity index (χ3n) is 4.04. The van der Waals surface area contributed by atoms with Crippen LogP contribution in [-0.2, 0) is 22.5 Å². The summed E-state index contributed by atoms with van der Waals surface area (Å²) in [5.74, 6) is -0.0616. The van der Waals surface area contributed by atoms with Crippen molar-refractivity contribution < 1.29 is 9.63 Å². The lowest BCUT2D eigenvalue weighted by atomic mass is 10.1. The predicted octanol–water partition coefficient (Wildman–Crippen LogP) is 3.19. The van der Waals surface area contributed by atoms with Crippen LogP contribution in [0, 0.1) is 0 Å². The maximum Gasteiger partial charge on any atom is 0.267 e. The summed E-state index contributed by atoms with van der Waals surface area (Å²) in [6.45, 7) is 2.79. The van der Waals surface area contributed by atoms with Gasteiger partial charge >= 0.3 is 0 Å². The van der Waals surface area contributed by atoms with Crippen molar-refractivity contribution in [2.45, 2.75) is 19.8 Å². The number of hydrogen-bond donors (Lipinski definition) is 0. The van der Waals surface area contributed by atoms with Crippen LogP contribution in [0.2, 0.25) is 0 Å². The fraction of sp³-hybridized carbons (Fsp3) is 0.263. The molecule has 4 nitrogen and oxygen atoms in total. The maximum atomic E-state index is 12.2. The molecule has 0 fully saturated rings. The molecule has 1 aliphatic heterocycles. The second-order valence-corrected chi connectivity index (χ2v) is 5.53.